The molecule has 1 saturated heterocycles. The Morgan fingerprint density at radius 3 is 2.06 bits per heavy atom. The van der Waals surface area contributed by atoms with Crippen LogP contribution in [-0.2, 0) is 64.2 Å². The minimum Gasteiger partial charge on any atom is -0.477 e. The van der Waals surface area contributed by atoms with Gasteiger partial charge in [0.2, 0.25) is 12.2 Å². The highest BCUT2D eigenvalue weighted by Gasteiger charge is 2.72. The number of likely N-dealkylation sites (tertiary alicyclic amines) is 1. The molecule has 2 aliphatic carbocycles. The highest BCUT2D eigenvalue weighted by Crippen LogP contribution is 2.65. The lowest BCUT2D eigenvalue weighted by molar-refractivity contribution is -0.196. The molecule has 1 unspecified atom stereocenters. The third-order valence-electron chi connectivity index (χ3n) is 9.50. The lowest BCUT2D eigenvalue weighted by atomic mass is 9.50. The number of rotatable bonds is 9. The van der Waals surface area contributed by atoms with E-state index in [1.54, 1.807) is 53.7 Å². The van der Waals surface area contributed by atoms with Crippen LogP contribution < -0.4 is 9.47 Å². The fraction of sp³-hybridized carbons (Fsp3) is 0.622. The predicted octanol–water partition coefficient (Wildman–Crippen LogP) is 2.96. The molecule has 2 heterocycles. The maximum atomic E-state index is 14.0. The van der Waals surface area contributed by atoms with E-state index in [4.69, 9.17) is 37.9 Å². The number of hydrogen-bond donors (Lipinski definition) is 1. The number of aliphatic hydroxyl groups is 1. The van der Waals surface area contributed by atoms with Gasteiger partial charge < -0.3 is 47.9 Å². The van der Waals surface area contributed by atoms with Crippen LogP contribution in [0.3, 0.4) is 0 Å². The first kappa shape index (κ1) is 39.5. The van der Waals surface area contributed by atoms with E-state index in [0.717, 1.165) is 19.4 Å². The van der Waals surface area contributed by atoms with Crippen LogP contribution in [0.15, 0.2) is 24.0 Å². The van der Waals surface area contributed by atoms with E-state index in [1.165, 1.54) is 13.0 Å². The molecule has 290 valence electrons. The van der Waals surface area contributed by atoms with Crippen molar-refractivity contribution in [1.29, 1.82) is 0 Å². The third kappa shape index (κ3) is 7.56. The summed E-state index contributed by atoms with van der Waals surface area (Å²) in [6.45, 7) is 13.5. The molecule has 7 atom stereocenters. The number of likely N-dealkylation sites (N-methyl/N-ethyl adjacent to an activating group) is 1. The molecule has 4 aliphatic rings. The van der Waals surface area contributed by atoms with Crippen molar-refractivity contribution >= 4 is 36.0 Å². The summed E-state index contributed by atoms with van der Waals surface area (Å²) in [6, 6.07) is 3.01. The van der Waals surface area contributed by atoms with Crippen molar-refractivity contribution in [1.82, 2.24) is 4.90 Å². The van der Waals surface area contributed by atoms with Crippen molar-refractivity contribution in [2.75, 3.05) is 13.6 Å². The molecule has 1 aromatic carbocycles. The molecule has 1 N–H and O–H groups in total. The molecule has 53 heavy (non-hydrogen) atoms. The molecule has 1 spiro atoms. The second-order valence-corrected chi connectivity index (χ2v) is 15.7. The second kappa shape index (κ2) is 13.9. The summed E-state index contributed by atoms with van der Waals surface area (Å²) >= 11 is 0. The lowest BCUT2D eigenvalue weighted by Crippen LogP contribution is -2.74. The Labute approximate surface area is 306 Å². The van der Waals surface area contributed by atoms with Gasteiger partial charge in [-0.05, 0) is 92.6 Å². The van der Waals surface area contributed by atoms with E-state index in [2.05, 4.69) is 4.90 Å². The van der Waals surface area contributed by atoms with Crippen LogP contribution in [0.25, 0.3) is 0 Å². The summed E-state index contributed by atoms with van der Waals surface area (Å²) in [5, 5.41) is 12.6. The number of hydrogen-bond acceptors (Lipinski definition) is 16. The van der Waals surface area contributed by atoms with Crippen LogP contribution in [0, 0.1) is 0 Å². The molecule has 16 heteroatoms. The van der Waals surface area contributed by atoms with E-state index >= 15 is 0 Å². The van der Waals surface area contributed by atoms with Crippen LogP contribution in [0.4, 0.5) is 4.79 Å². The van der Waals surface area contributed by atoms with Crippen LogP contribution >= 0.6 is 0 Å². The summed E-state index contributed by atoms with van der Waals surface area (Å²) in [6.07, 6.45) is -5.78. The van der Waals surface area contributed by atoms with Gasteiger partial charge in [0.05, 0.1) is 11.0 Å². The van der Waals surface area contributed by atoms with Gasteiger partial charge in [-0.1, -0.05) is 6.07 Å². The maximum Gasteiger partial charge on any atom is 0.514 e. The number of carbonyl (C=O) groups is 6. The van der Waals surface area contributed by atoms with Crippen molar-refractivity contribution in [2.24, 2.45) is 0 Å². The minimum absolute atomic E-state index is 0.00155. The number of piperidine rings is 1. The minimum atomic E-state index is -2.20. The average Bonchev–Trinajstić information content (AvgIpc) is 3.37. The van der Waals surface area contributed by atoms with E-state index < -0.39 is 82.6 Å². The summed E-state index contributed by atoms with van der Waals surface area (Å²) < 4.78 is 44.1. The van der Waals surface area contributed by atoms with E-state index in [0.29, 0.717) is 24.9 Å². The first-order valence-electron chi connectivity index (χ1n) is 17.3. The standard InChI is InChI=1S/C37H47NO15/c1-18(30(41)52-34(4,5)6)46-31(42)27(47-19(2)39)28(48-20(3)40)32(43)49-23-13-14-37(45)24-17-21-11-12-22(50-33(44)53-35(7,8)9)26-25(21)36(37,29(23)51-26)15-16-38(24)10/h11-13,18,24,27-29,45H,14-17H2,1-10H3/t18?,24-,27-,28-,29+,36+,37-/m1/s1. The molecule has 16 nitrogen and oxygen atoms in total. The maximum absolute atomic E-state index is 14.0. The Morgan fingerprint density at radius 1 is 0.868 bits per heavy atom. The Kier molecular flexibility index (Phi) is 10.4. The zero-order chi connectivity index (χ0) is 39.4. The highest BCUT2D eigenvalue weighted by atomic mass is 16.7. The molecule has 5 rings (SSSR count). The van der Waals surface area contributed by atoms with Gasteiger partial charge in [0.1, 0.15) is 17.0 Å². The van der Waals surface area contributed by atoms with Gasteiger partial charge in [-0.2, -0.15) is 0 Å². The Bertz CT molecular complexity index is 1740. The molecule has 0 amide bonds. The molecule has 2 bridgehead atoms. The smallest absolute Gasteiger partial charge is 0.477 e. The SMILES string of the molecule is CC(=O)O[C@@H](C(=O)OC1=CC[C@@]2(O)[C@H]3Cc4ccc(OC(=O)OC(C)(C)C)c5c4[C@@]2(CCN3C)[C@H]1O5)[C@@H](OC(C)=O)C(=O)OC(C)C(=O)OC(C)(C)C. The van der Waals surface area contributed by atoms with Crippen LogP contribution in [0.2, 0.25) is 0 Å². The summed E-state index contributed by atoms with van der Waals surface area (Å²) in [4.78, 5) is 79.2. The Hall–Kier alpha value is -4.70. The molecule has 0 saturated carbocycles. The van der Waals surface area contributed by atoms with Gasteiger partial charge in [0, 0.05) is 31.9 Å². The number of benzene rings is 1. The molecular weight excluding hydrogens is 698 g/mol. The van der Waals surface area contributed by atoms with Crippen molar-refractivity contribution in [3.63, 3.8) is 0 Å². The number of ether oxygens (including phenoxy) is 8. The average molecular weight is 746 g/mol. The van der Waals surface area contributed by atoms with Crippen LogP contribution in [-0.4, -0.2) is 107 Å². The Morgan fingerprint density at radius 2 is 1.47 bits per heavy atom. The molecule has 1 aromatic rings. The van der Waals surface area contributed by atoms with Gasteiger partial charge in [-0.15, -0.1) is 0 Å². The first-order valence-corrected chi connectivity index (χ1v) is 17.3. The lowest BCUT2D eigenvalue weighted by Gasteiger charge is -2.61. The van der Waals surface area contributed by atoms with Crippen molar-refractivity contribution in [3.05, 3.63) is 35.1 Å². The second-order valence-electron chi connectivity index (χ2n) is 15.7. The monoisotopic (exact) mass is 745 g/mol. The van der Waals surface area contributed by atoms with Crippen LogP contribution in [0.5, 0.6) is 11.5 Å². The fourth-order valence-electron chi connectivity index (χ4n) is 7.54. The van der Waals surface area contributed by atoms with Gasteiger partial charge in [0.25, 0.3) is 0 Å². The largest absolute Gasteiger partial charge is 0.514 e. The fourth-order valence-corrected chi connectivity index (χ4v) is 7.54. The number of esters is 5. The van der Waals surface area contributed by atoms with Crippen molar-refractivity contribution in [3.8, 4) is 11.5 Å². The quantitative estimate of drug-likeness (QED) is 0.220. The van der Waals surface area contributed by atoms with E-state index in [9.17, 15) is 33.9 Å². The van der Waals surface area contributed by atoms with Crippen molar-refractivity contribution in [2.45, 2.75) is 134 Å². The molecular formula is C37H47NO15. The van der Waals surface area contributed by atoms with E-state index in [1.807, 2.05) is 7.05 Å². The highest BCUT2D eigenvalue weighted by molar-refractivity contribution is 5.90. The summed E-state index contributed by atoms with van der Waals surface area (Å²) in [7, 11) is 1.91. The van der Waals surface area contributed by atoms with Gasteiger partial charge in [-0.3, -0.25) is 9.59 Å². The normalized spacial score (nSPS) is 25.9. The van der Waals surface area contributed by atoms with Crippen molar-refractivity contribution < 1.29 is 71.8 Å². The number of carbonyl (C=O) groups excluding carboxylic acids is 6. The Balaban J connectivity index is 1.50. The van der Waals surface area contributed by atoms with Crippen LogP contribution in [0.1, 0.15) is 86.3 Å². The topological polar surface area (TPSA) is 200 Å². The summed E-state index contributed by atoms with van der Waals surface area (Å²) in [5.74, 6) is -5.63. The van der Waals surface area contributed by atoms with Gasteiger partial charge in [-0.25, -0.2) is 19.2 Å². The van der Waals surface area contributed by atoms with Gasteiger partial charge in [0.15, 0.2) is 23.7 Å². The third-order valence-corrected chi connectivity index (χ3v) is 9.50. The molecule has 0 radical (unpaired) electrons. The van der Waals surface area contributed by atoms with E-state index in [-0.39, 0.29) is 29.7 Å². The van der Waals surface area contributed by atoms with Gasteiger partial charge >= 0.3 is 36.0 Å². The zero-order valence-corrected chi connectivity index (χ0v) is 31.6. The summed E-state index contributed by atoms with van der Waals surface area (Å²) in [5.41, 5.74) is -2.96. The number of nitrogens with zero attached hydrogens (tertiary/aromatic N) is 1. The predicted molar refractivity (Wildman–Crippen MR) is 180 cm³/mol. The molecule has 0 aromatic heterocycles. The molecule has 2 aliphatic heterocycles. The first-order chi connectivity index (χ1) is 24.5. The molecule has 1 fully saturated rings. The zero-order valence-electron chi connectivity index (χ0n) is 31.6.